The summed E-state index contributed by atoms with van der Waals surface area (Å²) in [7, 11) is 0. The molecule has 2 rings (SSSR count). The highest BCUT2D eigenvalue weighted by atomic mass is 16.6. The third kappa shape index (κ3) is 4.00. The lowest BCUT2D eigenvalue weighted by molar-refractivity contribution is 0.0240. The summed E-state index contributed by atoms with van der Waals surface area (Å²) in [5.74, 6) is 0. The molecule has 6 nitrogen and oxygen atoms in total. The average Bonchev–Trinajstić information content (AvgIpc) is 2.52. The molecule has 6 heteroatoms. The number of anilines is 2. The quantitative estimate of drug-likeness (QED) is 0.803. The minimum atomic E-state index is -0.469. The molecule has 0 aliphatic carbocycles. The lowest BCUT2D eigenvalue weighted by Gasteiger charge is -2.38. The van der Waals surface area contributed by atoms with Gasteiger partial charge in [-0.05, 0) is 63.8 Å². The number of nitrogen functional groups attached to an aromatic ring is 1. The smallest absolute Gasteiger partial charge is 0.410 e. The fourth-order valence-electron chi connectivity index (χ4n) is 3.50. The molecular formula is C19H32N4O2. The van der Waals surface area contributed by atoms with Gasteiger partial charge in [0.1, 0.15) is 5.60 Å². The number of nitrogens with zero attached hydrogens (tertiary/aromatic N) is 2. The molecule has 1 saturated heterocycles. The molecule has 1 fully saturated rings. The summed E-state index contributed by atoms with van der Waals surface area (Å²) < 4.78 is 5.47. The lowest BCUT2D eigenvalue weighted by atomic mass is 9.94. The Balaban J connectivity index is 2.19. The van der Waals surface area contributed by atoms with Crippen molar-refractivity contribution in [3.8, 4) is 0 Å². The number of ether oxygens (including phenoxy) is 1. The van der Waals surface area contributed by atoms with Gasteiger partial charge in [-0.15, -0.1) is 0 Å². The molecule has 0 aromatic heterocycles. The van der Waals surface area contributed by atoms with Crippen molar-refractivity contribution in [3.63, 3.8) is 0 Å². The number of carbonyl (C=O) groups is 1. The van der Waals surface area contributed by atoms with Gasteiger partial charge in [0.05, 0.1) is 0 Å². The van der Waals surface area contributed by atoms with E-state index in [1.54, 1.807) is 4.90 Å². The monoisotopic (exact) mass is 348 g/mol. The predicted molar refractivity (Wildman–Crippen MR) is 103 cm³/mol. The fraction of sp³-hybridized carbons (Fsp3) is 0.632. The van der Waals surface area contributed by atoms with Crippen molar-refractivity contribution in [2.24, 2.45) is 5.73 Å². The molecule has 1 aromatic carbocycles. The number of nitrogens with two attached hydrogens (primary N) is 2. The molecule has 0 spiro atoms. The maximum atomic E-state index is 12.2. The maximum absolute atomic E-state index is 12.2. The summed E-state index contributed by atoms with van der Waals surface area (Å²) in [6.07, 6.45) is -0.244. The standard InChI is InChI=1S/C19H32N4O2/c1-12-15(11-20)13(2)17(14(3)16(12)21)22-7-9-23(10-8-22)18(24)25-19(4,5)6/h7-11,20-21H2,1-6H3. The van der Waals surface area contributed by atoms with E-state index < -0.39 is 5.60 Å². The SMILES string of the molecule is Cc1c(N)c(C)c(N2CCN(C(=O)OC(C)(C)C)CC2)c(C)c1CN. The van der Waals surface area contributed by atoms with Crippen molar-refractivity contribution in [1.82, 2.24) is 4.90 Å². The van der Waals surface area contributed by atoms with E-state index in [1.807, 2.05) is 27.7 Å². The second-order valence-corrected chi connectivity index (χ2v) is 7.77. The first kappa shape index (κ1) is 19.4. The number of amides is 1. The van der Waals surface area contributed by atoms with Crippen LogP contribution < -0.4 is 16.4 Å². The van der Waals surface area contributed by atoms with Crippen molar-refractivity contribution in [1.29, 1.82) is 0 Å². The maximum Gasteiger partial charge on any atom is 0.410 e. The number of carbonyl (C=O) groups excluding carboxylic acids is 1. The zero-order valence-electron chi connectivity index (χ0n) is 16.4. The van der Waals surface area contributed by atoms with Gasteiger partial charge in [0.2, 0.25) is 0 Å². The molecule has 0 unspecified atom stereocenters. The minimum absolute atomic E-state index is 0.244. The van der Waals surface area contributed by atoms with Gasteiger partial charge in [0.15, 0.2) is 0 Å². The summed E-state index contributed by atoms with van der Waals surface area (Å²) in [6.45, 7) is 15.1. The Hall–Kier alpha value is -1.95. The third-order valence-electron chi connectivity index (χ3n) is 4.88. The first-order chi connectivity index (χ1) is 11.6. The van der Waals surface area contributed by atoms with Crippen LogP contribution in [-0.4, -0.2) is 42.8 Å². The molecular weight excluding hydrogens is 316 g/mol. The predicted octanol–water partition coefficient (Wildman–Crippen LogP) is 2.71. The second-order valence-electron chi connectivity index (χ2n) is 7.77. The van der Waals surface area contributed by atoms with Gasteiger partial charge in [-0.25, -0.2) is 4.79 Å². The molecule has 140 valence electrons. The zero-order valence-corrected chi connectivity index (χ0v) is 16.4. The highest BCUT2D eigenvalue weighted by molar-refractivity contribution is 5.74. The largest absolute Gasteiger partial charge is 0.444 e. The Morgan fingerprint density at radius 3 is 2.08 bits per heavy atom. The summed E-state index contributed by atoms with van der Waals surface area (Å²) in [5.41, 5.74) is 18.2. The molecule has 1 aliphatic heterocycles. The Morgan fingerprint density at radius 2 is 1.60 bits per heavy atom. The van der Waals surface area contributed by atoms with E-state index in [9.17, 15) is 4.79 Å². The fourth-order valence-corrected chi connectivity index (χ4v) is 3.50. The van der Waals surface area contributed by atoms with Crippen LogP contribution in [0.15, 0.2) is 0 Å². The molecule has 25 heavy (non-hydrogen) atoms. The molecule has 1 aliphatic rings. The Labute approximate surface area is 151 Å². The van der Waals surface area contributed by atoms with Gasteiger partial charge in [0, 0.05) is 44.1 Å². The molecule has 1 amide bonds. The van der Waals surface area contributed by atoms with Crippen LogP contribution in [0, 0.1) is 20.8 Å². The third-order valence-corrected chi connectivity index (χ3v) is 4.88. The summed E-state index contributed by atoms with van der Waals surface area (Å²) in [6, 6.07) is 0. The molecule has 0 bridgehead atoms. The van der Waals surface area contributed by atoms with E-state index in [-0.39, 0.29) is 6.09 Å². The number of benzene rings is 1. The Kier molecular flexibility index (Phi) is 5.52. The number of hydrogen-bond donors (Lipinski definition) is 2. The van der Waals surface area contributed by atoms with E-state index in [4.69, 9.17) is 16.2 Å². The minimum Gasteiger partial charge on any atom is -0.444 e. The van der Waals surface area contributed by atoms with E-state index in [0.717, 1.165) is 41.2 Å². The van der Waals surface area contributed by atoms with Crippen molar-refractivity contribution >= 4 is 17.5 Å². The molecule has 1 heterocycles. The first-order valence-electron chi connectivity index (χ1n) is 8.87. The highest BCUT2D eigenvalue weighted by Crippen LogP contribution is 2.35. The van der Waals surface area contributed by atoms with Crippen LogP contribution in [0.25, 0.3) is 0 Å². The number of hydrogen-bond acceptors (Lipinski definition) is 5. The Bertz CT molecular complexity index is 657. The normalized spacial score (nSPS) is 15.5. The molecule has 0 atom stereocenters. The van der Waals surface area contributed by atoms with Crippen LogP contribution in [0.3, 0.4) is 0 Å². The lowest BCUT2D eigenvalue weighted by Crippen LogP contribution is -2.50. The van der Waals surface area contributed by atoms with Crippen LogP contribution >= 0.6 is 0 Å². The van der Waals surface area contributed by atoms with Crippen molar-refractivity contribution in [3.05, 3.63) is 22.3 Å². The van der Waals surface area contributed by atoms with Crippen LogP contribution in [0.2, 0.25) is 0 Å². The number of piperazine rings is 1. The van der Waals surface area contributed by atoms with Crippen molar-refractivity contribution < 1.29 is 9.53 Å². The van der Waals surface area contributed by atoms with Gasteiger partial charge in [-0.1, -0.05) is 0 Å². The van der Waals surface area contributed by atoms with Gasteiger partial charge >= 0.3 is 6.09 Å². The average molecular weight is 348 g/mol. The van der Waals surface area contributed by atoms with E-state index in [0.29, 0.717) is 19.6 Å². The van der Waals surface area contributed by atoms with Crippen LogP contribution in [0.4, 0.5) is 16.2 Å². The Morgan fingerprint density at radius 1 is 1.04 bits per heavy atom. The van der Waals surface area contributed by atoms with Gasteiger partial charge in [-0.3, -0.25) is 0 Å². The first-order valence-corrected chi connectivity index (χ1v) is 8.87. The van der Waals surface area contributed by atoms with Crippen LogP contribution in [0.5, 0.6) is 0 Å². The van der Waals surface area contributed by atoms with E-state index in [1.165, 1.54) is 5.56 Å². The second kappa shape index (κ2) is 7.12. The highest BCUT2D eigenvalue weighted by Gasteiger charge is 2.28. The molecule has 1 aromatic rings. The molecule has 0 saturated carbocycles. The summed E-state index contributed by atoms with van der Waals surface area (Å²) in [5, 5.41) is 0. The van der Waals surface area contributed by atoms with Crippen molar-refractivity contribution in [2.45, 2.75) is 53.7 Å². The summed E-state index contributed by atoms with van der Waals surface area (Å²) in [4.78, 5) is 16.3. The number of rotatable bonds is 2. The van der Waals surface area contributed by atoms with E-state index >= 15 is 0 Å². The molecule has 0 radical (unpaired) electrons. The topological polar surface area (TPSA) is 84.8 Å². The van der Waals surface area contributed by atoms with Crippen LogP contribution in [-0.2, 0) is 11.3 Å². The molecule has 4 N–H and O–H groups in total. The van der Waals surface area contributed by atoms with Gasteiger partial charge in [-0.2, -0.15) is 0 Å². The van der Waals surface area contributed by atoms with Crippen LogP contribution in [0.1, 0.15) is 43.0 Å². The van der Waals surface area contributed by atoms with E-state index in [2.05, 4.69) is 18.7 Å². The van der Waals surface area contributed by atoms with Gasteiger partial charge < -0.3 is 26.0 Å². The van der Waals surface area contributed by atoms with Gasteiger partial charge in [0.25, 0.3) is 0 Å². The zero-order chi connectivity index (χ0) is 18.9. The summed E-state index contributed by atoms with van der Waals surface area (Å²) >= 11 is 0. The van der Waals surface area contributed by atoms with Crippen molar-refractivity contribution in [2.75, 3.05) is 36.8 Å².